The lowest BCUT2D eigenvalue weighted by atomic mass is 9.94. The smallest absolute Gasteiger partial charge is 0.240 e. The zero-order chi connectivity index (χ0) is 17.2. The predicted molar refractivity (Wildman–Crippen MR) is 92.7 cm³/mol. The number of carbonyl (C=O) groups excluding carboxylic acids is 1. The van der Waals surface area contributed by atoms with Crippen LogP contribution in [0, 0.1) is 5.41 Å². The molecule has 6 heteroatoms. The molecule has 1 amide bonds. The molecule has 0 aliphatic rings. The Labute approximate surface area is 135 Å². The first-order valence-electron chi connectivity index (χ1n) is 8.40. The fourth-order valence-corrected chi connectivity index (χ4v) is 2.28. The van der Waals surface area contributed by atoms with Crippen LogP contribution in [0.1, 0.15) is 52.9 Å². The second-order valence-electron chi connectivity index (χ2n) is 6.73. The standard InChI is InChI=1S/C16H35N5O/c1-5-21(4,6-2)13-12-20-15(22)16(3,19)11-9-7-8-10-14(17)18/h5-13,19H2,1-4H3,(H3-,17,18,20,22)/p+1. The maximum Gasteiger partial charge on any atom is 0.240 e. The van der Waals surface area contributed by atoms with Crippen molar-refractivity contribution in [1.29, 1.82) is 5.41 Å². The molecule has 0 rings (SSSR count). The molecule has 0 aromatic rings. The van der Waals surface area contributed by atoms with Crippen molar-refractivity contribution in [3.05, 3.63) is 0 Å². The van der Waals surface area contributed by atoms with Crippen molar-refractivity contribution in [3.63, 3.8) is 0 Å². The van der Waals surface area contributed by atoms with Gasteiger partial charge in [0.05, 0.1) is 44.6 Å². The Morgan fingerprint density at radius 2 is 1.82 bits per heavy atom. The van der Waals surface area contributed by atoms with Crippen LogP contribution in [0.4, 0.5) is 0 Å². The highest BCUT2D eigenvalue weighted by Crippen LogP contribution is 2.13. The summed E-state index contributed by atoms with van der Waals surface area (Å²) in [4.78, 5) is 12.2. The van der Waals surface area contributed by atoms with Gasteiger partial charge in [0.2, 0.25) is 5.91 Å². The number of carbonyl (C=O) groups is 1. The van der Waals surface area contributed by atoms with Crippen LogP contribution < -0.4 is 16.8 Å². The van der Waals surface area contributed by atoms with E-state index >= 15 is 0 Å². The quantitative estimate of drug-likeness (QED) is 0.188. The first kappa shape index (κ1) is 20.9. The van der Waals surface area contributed by atoms with Gasteiger partial charge in [0.25, 0.3) is 0 Å². The number of quaternary nitrogens is 1. The summed E-state index contributed by atoms with van der Waals surface area (Å²) in [6, 6.07) is 0. The van der Waals surface area contributed by atoms with Gasteiger partial charge in [-0.25, -0.2) is 0 Å². The first-order valence-corrected chi connectivity index (χ1v) is 8.40. The molecule has 0 fully saturated rings. The largest absolute Gasteiger partial charge is 0.388 e. The molecule has 1 unspecified atom stereocenters. The van der Waals surface area contributed by atoms with Gasteiger partial charge >= 0.3 is 0 Å². The molecule has 6 nitrogen and oxygen atoms in total. The summed E-state index contributed by atoms with van der Waals surface area (Å²) >= 11 is 0. The molecule has 22 heavy (non-hydrogen) atoms. The van der Waals surface area contributed by atoms with Crippen molar-refractivity contribution < 1.29 is 9.28 Å². The molecule has 0 bridgehead atoms. The summed E-state index contributed by atoms with van der Waals surface area (Å²) in [5.41, 5.74) is 10.6. The SMILES string of the molecule is CC[N+](C)(CC)CCNC(=O)C(C)(N)CCCCCC(=N)N. The average molecular weight is 314 g/mol. The average Bonchev–Trinajstić information content (AvgIpc) is 2.46. The van der Waals surface area contributed by atoms with Crippen molar-refractivity contribution in [1.82, 2.24) is 5.32 Å². The predicted octanol–water partition coefficient (Wildman–Crippen LogP) is 1.19. The molecule has 0 aromatic carbocycles. The summed E-state index contributed by atoms with van der Waals surface area (Å²) in [5.74, 6) is 0.152. The number of amides is 1. The molecule has 0 aliphatic carbocycles. The van der Waals surface area contributed by atoms with Crippen LogP contribution in [0.15, 0.2) is 0 Å². The van der Waals surface area contributed by atoms with Gasteiger partial charge in [-0.3, -0.25) is 10.2 Å². The van der Waals surface area contributed by atoms with Gasteiger partial charge in [0, 0.05) is 6.42 Å². The molecule has 0 spiro atoms. The van der Waals surface area contributed by atoms with E-state index in [-0.39, 0.29) is 11.7 Å². The summed E-state index contributed by atoms with van der Waals surface area (Å²) in [6.07, 6.45) is 3.99. The summed E-state index contributed by atoms with van der Waals surface area (Å²) in [6.45, 7) is 9.83. The van der Waals surface area contributed by atoms with Crippen LogP contribution in [-0.4, -0.2) is 55.0 Å². The number of rotatable bonds is 12. The molecule has 130 valence electrons. The fourth-order valence-electron chi connectivity index (χ4n) is 2.28. The fraction of sp³-hybridized carbons (Fsp3) is 0.875. The highest BCUT2D eigenvalue weighted by Gasteiger charge is 2.28. The number of nitrogens with one attached hydrogen (secondary N) is 2. The first-order chi connectivity index (χ1) is 10.2. The van der Waals surface area contributed by atoms with Gasteiger partial charge in [0.15, 0.2) is 0 Å². The van der Waals surface area contributed by atoms with Crippen LogP contribution in [-0.2, 0) is 4.79 Å². The molecular formula is C16H36N5O+. The van der Waals surface area contributed by atoms with Gasteiger partial charge in [-0.15, -0.1) is 0 Å². The number of likely N-dealkylation sites (N-methyl/N-ethyl adjacent to an activating group) is 1. The third-order valence-electron chi connectivity index (χ3n) is 4.63. The van der Waals surface area contributed by atoms with E-state index in [0.717, 1.165) is 43.4 Å². The Bertz CT molecular complexity index is 350. The van der Waals surface area contributed by atoms with Crippen LogP contribution >= 0.6 is 0 Å². The Balaban J connectivity index is 4.04. The van der Waals surface area contributed by atoms with Gasteiger partial charge in [-0.2, -0.15) is 0 Å². The third kappa shape index (κ3) is 8.34. The number of nitrogens with zero attached hydrogens (tertiary/aromatic N) is 1. The van der Waals surface area contributed by atoms with Crippen molar-refractivity contribution in [2.24, 2.45) is 11.5 Å². The van der Waals surface area contributed by atoms with E-state index in [0.29, 0.717) is 19.4 Å². The maximum absolute atomic E-state index is 12.2. The second-order valence-corrected chi connectivity index (χ2v) is 6.73. The molecule has 1 atom stereocenters. The number of unbranched alkanes of at least 4 members (excludes halogenated alkanes) is 2. The third-order valence-corrected chi connectivity index (χ3v) is 4.63. The zero-order valence-corrected chi connectivity index (χ0v) is 14.9. The van der Waals surface area contributed by atoms with Gasteiger partial charge < -0.3 is 21.3 Å². The van der Waals surface area contributed by atoms with Crippen molar-refractivity contribution in [3.8, 4) is 0 Å². The Morgan fingerprint density at radius 3 is 2.32 bits per heavy atom. The lowest BCUT2D eigenvalue weighted by Crippen LogP contribution is -2.54. The van der Waals surface area contributed by atoms with E-state index < -0.39 is 5.54 Å². The van der Waals surface area contributed by atoms with E-state index in [1.807, 2.05) is 0 Å². The maximum atomic E-state index is 12.2. The minimum Gasteiger partial charge on any atom is -0.388 e. The van der Waals surface area contributed by atoms with Crippen molar-refractivity contribution in [2.75, 3.05) is 33.2 Å². The van der Waals surface area contributed by atoms with E-state index in [1.165, 1.54) is 0 Å². The lowest BCUT2D eigenvalue weighted by Gasteiger charge is -2.32. The molecule has 0 saturated carbocycles. The Morgan fingerprint density at radius 1 is 1.23 bits per heavy atom. The summed E-state index contributed by atoms with van der Waals surface area (Å²) in [7, 11) is 2.20. The second kappa shape index (κ2) is 9.79. The molecule has 0 heterocycles. The van der Waals surface area contributed by atoms with E-state index in [9.17, 15) is 4.79 Å². The van der Waals surface area contributed by atoms with Crippen LogP contribution in [0.3, 0.4) is 0 Å². The summed E-state index contributed by atoms with van der Waals surface area (Å²) in [5, 5.41) is 10.1. The van der Waals surface area contributed by atoms with E-state index in [4.69, 9.17) is 16.9 Å². The van der Waals surface area contributed by atoms with E-state index in [2.05, 4.69) is 26.2 Å². The highest BCUT2D eigenvalue weighted by molar-refractivity contribution is 5.85. The molecule has 0 aliphatic heterocycles. The number of amidine groups is 1. The monoisotopic (exact) mass is 314 g/mol. The number of nitrogens with two attached hydrogens (primary N) is 2. The molecule has 0 saturated heterocycles. The van der Waals surface area contributed by atoms with Crippen LogP contribution in [0.2, 0.25) is 0 Å². The number of hydrogen-bond acceptors (Lipinski definition) is 3. The van der Waals surface area contributed by atoms with Gasteiger partial charge in [0.1, 0.15) is 0 Å². The molecular weight excluding hydrogens is 278 g/mol. The van der Waals surface area contributed by atoms with E-state index in [1.54, 1.807) is 6.92 Å². The van der Waals surface area contributed by atoms with Crippen molar-refractivity contribution >= 4 is 11.7 Å². The Hall–Kier alpha value is -1.14. The molecule has 0 aromatic heterocycles. The minimum atomic E-state index is -0.821. The normalized spacial score (nSPS) is 14.4. The van der Waals surface area contributed by atoms with Gasteiger partial charge in [-0.1, -0.05) is 12.8 Å². The van der Waals surface area contributed by atoms with Gasteiger partial charge in [-0.05, 0) is 33.6 Å². The molecule has 6 N–H and O–H groups in total. The lowest BCUT2D eigenvalue weighted by molar-refractivity contribution is -0.904. The Kier molecular flexibility index (Phi) is 9.28. The minimum absolute atomic E-state index is 0.0715. The number of hydrogen-bond donors (Lipinski definition) is 4. The molecule has 0 radical (unpaired) electrons. The zero-order valence-electron chi connectivity index (χ0n) is 14.9. The highest BCUT2D eigenvalue weighted by atomic mass is 16.2. The van der Waals surface area contributed by atoms with Crippen LogP contribution in [0.25, 0.3) is 0 Å². The van der Waals surface area contributed by atoms with Crippen molar-refractivity contribution in [2.45, 2.75) is 58.4 Å². The summed E-state index contributed by atoms with van der Waals surface area (Å²) < 4.78 is 0.951. The topological polar surface area (TPSA) is 105 Å². The van der Waals surface area contributed by atoms with Crippen LogP contribution in [0.5, 0.6) is 0 Å².